The van der Waals surface area contributed by atoms with Gasteiger partial charge in [0.1, 0.15) is 0 Å². The number of nitrogens with zero attached hydrogens (tertiary/aromatic N) is 2. The highest BCUT2D eigenvalue weighted by atomic mass is 16.2. The zero-order chi connectivity index (χ0) is 11.3. The Balaban J connectivity index is 2.35. The van der Waals surface area contributed by atoms with Gasteiger partial charge in [0.2, 0.25) is 5.91 Å². The van der Waals surface area contributed by atoms with E-state index >= 15 is 0 Å². The van der Waals surface area contributed by atoms with Crippen molar-refractivity contribution < 1.29 is 4.79 Å². The van der Waals surface area contributed by atoms with Crippen LogP contribution in [0.1, 0.15) is 26.7 Å². The maximum absolute atomic E-state index is 11.9. The van der Waals surface area contributed by atoms with E-state index in [1.54, 1.807) is 0 Å². The third kappa shape index (κ3) is 3.47. The second kappa shape index (κ2) is 6.08. The fourth-order valence-electron chi connectivity index (χ4n) is 1.95. The maximum Gasteiger partial charge on any atom is 0.239 e. The summed E-state index contributed by atoms with van der Waals surface area (Å²) < 4.78 is 0. The average Bonchev–Trinajstić information content (AvgIpc) is 2.28. The molecule has 0 aromatic heterocycles. The van der Waals surface area contributed by atoms with Gasteiger partial charge in [0.25, 0.3) is 0 Å². The molecule has 88 valence electrons. The topological polar surface area (TPSA) is 49.6 Å². The Hall–Kier alpha value is -0.610. The Labute approximate surface area is 92.4 Å². The molecule has 1 aliphatic rings. The fourth-order valence-corrected chi connectivity index (χ4v) is 1.95. The number of hydrogen-bond acceptors (Lipinski definition) is 3. The third-order valence-electron chi connectivity index (χ3n) is 3.05. The summed E-state index contributed by atoms with van der Waals surface area (Å²) >= 11 is 0. The van der Waals surface area contributed by atoms with Gasteiger partial charge < -0.3 is 15.5 Å². The Morgan fingerprint density at radius 2 is 1.87 bits per heavy atom. The van der Waals surface area contributed by atoms with E-state index < -0.39 is 0 Å². The Morgan fingerprint density at radius 1 is 1.27 bits per heavy atom. The summed E-state index contributed by atoms with van der Waals surface area (Å²) in [6.07, 6.45) is 1.77. The quantitative estimate of drug-likeness (QED) is 0.729. The van der Waals surface area contributed by atoms with E-state index in [9.17, 15) is 4.79 Å². The van der Waals surface area contributed by atoms with E-state index in [1.807, 2.05) is 4.90 Å². The highest BCUT2D eigenvalue weighted by molar-refractivity contribution is 5.81. The van der Waals surface area contributed by atoms with Gasteiger partial charge in [-0.2, -0.15) is 0 Å². The standard InChI is InChI=1S/C11H23N3O/c1-3-5-10(12)11(15)14-8-6-13(4-2)7-9-14/h10H,3-9,12H2,1-2H3/t10-/m0/s1. The minimum atomic E-state index is -0.289. The third-order valence-corrected chi connectivity index (χ3v) is 3.05. The van der Waals surface area contributed by atoms with Crippen LogP contribution in [-0.4, -0.2) is 54.5 Å². The number of carbonyl (C=O) groups excluding carboxylic acids is 1. The lowest BCUT2D eigenvalue weighted by Gasteiger charge is -2.35. The number of rotatable bonds is 4. The normalized spacial score (nSPS) is 20.3. The number of amides is 1. The Kier molecular flexibility index (Phi) is 5.05. The molecule has 0 aromatic rings. The van der Waals surface area contributed by atoms with E-state index in [2.05, 4.69) is 18.7 Å². The van der Waals surface area contributed by atoms with Gasteiger partial charge in [-0.3, -0.25) is 4.79 Å². The molecule has 1 fully saturated rings. The van der Waals surface area contributed by atoms with E-state index in [0.717, 1.165) is 45.6 Å². The van der Waals surface area contributed by atoms with Crippen LogP contribution in [0, 0.1) is 0 Å². The van der Waals surface area contributed by atoms with Crippen molar-refractivity contribution in [3.05, 3.63) is 0 Å². The number of nitrogens with two attached hydrogens (primary N) is 1. The van der Waals surface area contributed by atoms with Crippen LogP contribution in [0.2, 0.25) is 0 Å². The van der Waals surface area contributed by atoms with Gasteiger partial charge in [0, 0.05) is 26.2 Å². The van der Waals surface area contributed by atoms with Crippen LogP contribution in [0.5, 0.6) is 0 Å². The summed E-state index contributed by atoms with van der Waals surface area (Å²) in [6, 6.07) is -0.289. The molecule has 0 unspecified atom stereocenters. The molecule has 2 N–H and O–H groups in total. The minimum Gasteiger partial charge on any atom is -0.339 e. The summed E-state index contributed by atoms with van der Waals surface area (Å²) in [7, 11) is 0. The molecule has 1 heterocycles. The molecule has 4 nitrogen and oxygen atoms in total. The van der Waals surface area contributed by atoms with Crippen LogP contribution in [0.25, 0.3) is 0 Å². The lowest BCUT2D eigenvalue weighted by Crippen LogP contribution is -2.52. The second-order valence-electron chi connectivity index (χ2n) is 4.15. The molecule has 0 spiro atoms. The van der Waals surface area contributed by atoms with Crippen molar-refractivity contribution in [2.75, 3.05) is 32.7 Å². The van der Waals surface area contributed by atoms with Crippen molar-refractivity contribution in [3.63, 3.8) is 0 Å². The van der Waals surface area contributed by atoms with Gasteiger partial charge in [0.05, 0.1) is 6.04 Å². The summed E-state index contributed by atoms with van der Waals surface area (Å²) in [5, 5.41) is 0. The molecule has 1 aliphatic heterocycles. The number of piperazine rings is 1. The second-order valence-corrected chi connectivity index (χ2v) is 4.15. The molecule has 0 aliphatic carbocycles. The van der Waals surface area contributed by atoms with E-state index in [4.69, 9.17) is 5.73 Å². The summed E-state index contributed by atoms with van der Waals surface area (Å²) in [5.74, 6) is 0.132. The number of likely N-dealkylation sites (N-methyl/N-ethyl adjacent to an activating group) is 1. The Morgan fingerprint density at radius 3 is 2.33 bits per heavy atom. The lowest BCUT2D eigenvalue weighted by molar-refractivity contribution is -0.134. The first-order valence-electron chi connectivity index (χ1n) is 5.95. The molecular weight excluding hydrogens is 190 g/mol. The molecule has 1 amide bonds. The first-order chi connectivity index (χ1) is 7.19. The molecule has 1 saturated heterocycles. The van der Waals surface area contributed by atoms with Crippen molar-refractivity contribution >= 4 is 5.91 Å². The highest BCUT2D eigenvalue weighted by Gasteiger charge is 2.23. The van der Waals surface area contributed by atoms with Crippen molar-refractivity contribution in [3.8, 4) is 0 Å². The molecule has 4 heteroatoms. The van der Waals surface area contributed by atoms with Gasteiger partial charge in [-0.1, -0.05) is 20.3 Å². The highest BCUT2D eigenvalue weighted by Crippen LogP contribution is 2.05. The largest absolute Gasteiger partial charge is 0.339 e. The predicted octanol–water partition coefficient (Wildman–Crippen LogP) is 0.278. The number of carbonyl (C=O) groups is 1. The van der Waals surface area contributed by atoms with Crippen LogP contribution < -0.4 is 5.73 Å². The zero-order valence-electron chi connectivity index (χ0n) is 9.91. The van der Waals surface area contributed by atoms with E-state index in [-0.39, 0.29) is 11.9 Å². The molecule has 0 saturated carbocycles. The van der Waals surface area contributed by atoms with Crippen LogP contribution in [0.4, 0.5) is 0 Å². The van der Waals surface area contributed by atoms with E-state index in [1.165, 1.54) is 0 Å². The minimum absolute atomic E-state index is 0.132. The Bertz CT molecular complexity index is 200. The van der Waals surface area contributed by atoms with Crippen molar-refractivity contribution in [1.29, 1.82) is 0 Å². The molecule has 0 radical (unpaired) electrons. The first kappa shape index (κ1) is 12.5. The average molecular weight is 213 g/mol. The molecular formula is C11H23N3O. The predicted molar refractivity (Wildman–Crippen MR) is 61.6 cm³/mol. The summed E-state index contributed by atoms with van der Waals surface area (Å²) in [5.41, 5.74) is 5.82. The van der Waals surface area contributed by atoms with Crippen LogP contribution in [0.3, 0.4) is 0 Å². The summed E-state index contributed by atoms with van der Waals surface area (Å²) in [4.78, 5) is 16.1. The molecule has 1 atom stereocenters. The monoisotopic (exact) mass is 213 g/mol. The van der Waals surface area contributed by atoms with Crippen LogP contribution >= 0.6 is 0 Å². The van der Waals surface area contributed by atoms with E-state index in [0.29, 0.717) is 0 Å². The molecule has 15 heavy (non-hydrogen) atoms. The lowest BCUT2D eigenvalue weighted by atomic mass is 10.1. The van der Waals surface area contributed by atoms with Gasteiger partial charge in [0.15, 0.2) is 0 Å². The SMILES string of the molecule is CCC[C@H](N)C(=O)N1CCN(CC)CC1. The zero-order valence-corrected chi connectivity index (χ0v) is 9.91. The summed E-state index contributed by atoms with van der Waals surface area (Å²) in [6.45, 7) is 8.93. The molecule has 0 aromatic carbocycles. The fraction of sp³-hybridized carbons (Fsp3) is 0.909. The van der Waals surface area contributed by atoms with Crippen molar-refractivity contribution in [2.24, 2.45) is 5.73 Å². The van der Waals surface area contributed by atoms with Crippen molar-refractivity contribution in [1.82, 2.24) is 9.80 Å². The van der Waals surface area contributed by atoms with Gasteiger partial charge >= 0.3 is 0 Å². The maximum atomic E-state index is 11.9. The molecule has 0 bridgehead atoms. The molecule has 1 rings (SSSR count). The van der Waals surface area contributed by atoms with Gasteiger partial charge in [-0.25, -0.2) is 0 Å². The van der Waals surface area contributed by atoms with Gasteiger partial charge in [-0.15, -0.1) is 0 Å². The number of hydrogen-bond donors (Lipinski definition) is 1. The van der Waals surface area contributed by atoms with Crippen LogP contribution in [0.15, 0.2) is 0 Å². The van der Waals surface area contributed by atoms with Crippen molar-refractivity contribution in [2.45, 2.75) is 32.7 Å². The smallest absolute Gasteiger partial charge is 0.239 e. The van der Waals surface area contributed by atoms with Gasteiger partial charge in [-0.05, 0) is 13.0 Å². The first-order valence-corrected chi connectivity index (χ1v) is 5.95. The van der Waals surface area contributed by atoms with Crippen LogP contribution in [-0.2, 0) is 4.79 Å².